The number of aryl methyl sites for hydroxylation is 1. The maximum Gasteiger partial charge on any atom is 0.252 e. The first-order chi connectivity index (χ1) is 12.5. The van der Waals surface area contributed by atoms with Crippen molar-refractivity contribution in [2.75, 3.05) is 5.32 Å². The van der Waals surface area contributed by atoms with Gasteiger partial charge in [0.05, 0.1) is 5.56 Å². The van der Waals surface area contributed by atoms with E-state index in [1.54, 1.807) is 11.3 Å². The van der Waals surface area contributed by atoms with Crippen LogP contribution in [0.25, 0.3) is 0 Å². The molecule has 1 aromatic heterocycles. The minimum Gasteiger partial charge on any atom is -0.348 e. The number of amides is 2. The van der Waals surface area contributed by atoms with Crippen LogP contribution in [-0.4, -0.2) is 11.8 Å². The van der Waals surface area contributed by atoms with Crippen LogP contribution in [0.5, 0.6) is 0 Å². The summed E-state index contributed by atoms with van der Waals surface area (Å²) in [6, 6.07) is 7.65. The summed E-state index contributed by atoms with van der Waals surface area (Å²) < 4.78 is 0. The normalized spacial score (nSPS) is 13.3. The van der Waals surface area contributed by atoms with Crippen LogP contribution in [0.3, 0.4) is 0 Å². The molecule has 1 aliphatic carbocycles. The zero-order valence-corrected chi connectivity index (χ0v) is 16.2. The zero-order chi connectivity index (χ0) is 18.5. The Labute approximate surface area is 159 Å². The van der Waals surface area contributed by atoms with Crippen LogP contribution >= 0.6 is 11.3 Å². The fourth-order valence-corrected chi connectivity index (χ4v) is 4.43. The summed E-state index contributed by atoms with van der Waals surface area (Å²) in [5, 5.41) is 7.93. The molecule has 3 rings (SSSR count). The third-order valence-corrected chi connectivity index (χ3v) is 5.65. The molecule has 5 heteroatoms. The SMILES string of the molecule is CC(C)CC(=O)Nc1cccc(CNC(=O)c2csc3c2CCCC3)c1. The summed E-state index contributed by atoms with van der Waals surface area (Å²) in [6.07, 6.45) is 5.01. The average Bonchev–Trinajstić information content (AvgIpc) is 3.03. The molecule has 0 atom stereocenters. The first kappa shape index (κ1) is 18.6. The summed E-state index contributed by atoms with van der Waals surface area (Å²) in [5.41, 5.74) is 3.83. The molecule has 2 amide bonds. The van der Waals surface area contributed by atoms with Crippen LogP contribution in [0.15, 0.2) is 29.6 Å². The number of carbonyl (C=O) groups is 2. The Kier molecular flexibility index (Phi) is 6.09. The van der Waals surface area contributed by atoms with E-state index < -0.39 is 0 Å². The fraction of sp³-hybridized carbons (Fsp3) is 0.429. The van der Waals surface area contributed by atoms with Gasteiger partial charge in [0.1, 0.15) is 0 Å². The summed E-state index contributed by atoms with van der Waals surface area (Å²) >= 11 is 1.71. The van der Waals surface area contributed by atoms with Crippen LogP contribution in [0.1, 0.15) is 59.5 Å². The highest BCUT2D eigenvalue weighted by atomic mass is 32.1. The predicted molar refractivity (Wildman–Crippen MR) is 107 cm³/mol. The van der Waals surface area contributed by atoms with Crippen molar-refractivity contribution < 1.29 is 9.59 Å². The lowest BCUT2D eigenvalue weighted by atomic mass is 9.95. The fourth-order valence-electron chi connectivity index (χ4n) is 3.30. The van der Waals surface area contributed by atoms with Crippen molar-refractivity contribution >= 4 is 28.8 Å². The first-order valence-electron chi connectivity index (χ1n) is 9.29. The molecule has 0 spiro atoms. The minimum absolute atomic E-state index is 0.00125. The van der Waals surface area contributed by atoms with Gasteiger partial charge in [-0.25, -0.2) is 0 Å². The third-order valence-electron chi connectivity index (χ3n) is 4.56. The van der Waals surface area contributed by atoms with Crippen molar-refractivity contribution in [2.45, 2.75) is 52.5 Å². The Morgan fingerprint density at radius 1 is 1.19 bits per heavy atom. The van der Waals surface area contributed by atoms with Crippen molar-refractivity contribution in [2.24, 2.45) is 5.92 Å². The highest BCUT2D eigenvalue weighted by molar-refractivity contribution is 7.10. The minimum atomic E-state index is -0.00125. The van der Waals surface area contributed by atoms with E-state index in [9.17, 15) is 9.59 Å². The molecule has 0 saturated heterocycles. The molecule has 0 saturated carbocycles. The van der Waals surface area contributed by atoms with Gasteiger partial charge in [0.25, 0.3) is 5.91 Å². The van der Waals surface area contributed by atoms with Gasteiger partial charge in [0, 0.05) is 28.9 Å². The Bertz CT molecular complexity index is 795. The molecule has 0 unspecified atom stereocenters. The van der Waals surface area contributed by atoms with Gasteiger partial charge in [-0.2, -0.15) is 0 Å². The molecular weight excluding hydrogens is 344 g/mol. The number of carbonyl (C=O) groups excluding carboxylic acids is 2. The molecule has 1 aliphatic rings. The van der Waals surface area contributed by atoms with E-state index >= 15 is 0 Å². The lowest BCUT2D eigenvalue weighted by Crippen LogP contribution is -2.24. The Morgan fingerprint density at radius 3 is 2.81 bits per heavy atom. The number of fused-ring (bicyclic) bond motifs is 1. The van der Waals surface area contributed by atoms with Crippen molar-refractivity contribution in [1.29, 1.82) is 0 Å². The predicted octanol–water partition coefficient (Wildman–Crippen LogP) is 4.54. The molecule has 138 valence electrons. The van der Waals surface area contributed by atoms with Crippen molar-refractivity contribution in [3.05, 3.63) is 51.2 Å². The summed E-state index contributed by atoms with van der Waals surface area (Å²) in [5.74, 6) is 0.346. The van der Waals surface area contributed by atoms with Crippen LogP contribution in [0.4, 0.5) is 5.69 Å². The van der Waals surface area contributed by atoms with E-state index in [2.05, 4.69) is 10.6 Å². The van der Waals surface area contributed by atoms with E-state index in [1.165, 1.54) is 23.3 Å². The van der Waals surface area contributed by atoms with Gasteiger partial charge in [-0.15, -0.1) is 11.3 Å². The maximum atomic E-state index is 12.6. The lowest BCUT2D eigenvalue weighted by Gasteiger charge is -2.13. The second-order valence-electron chi connectivity index (χ2n) is 7.29. The number of hydrogen-bond acceptors (Lipinski definition) is 3. The molecule has 0 aliphatic heterocycles. The first-order valence-corrected chi connectivity index (χ1v) is 10.2. The average molecular weight is 371 g/mol. The van der Waals surface area contributed by atoms with Crippen molar-refractivity contribution in [3.63, 3.8) is 0 Å². The number of benzene rings is 1. The monoisotopic (exact) mass is 370 g/mol. The molecule has 0 bridgehead atoms. The number of thiophene rings is 1. The second kappa shape index (κ2) is 8.49. The highest BCUT2D eigenvalue weighted by Gasteiger charge is 2.19. The number of anilines is 1. The Morgan fingerprint density at radius 2 is 2.00 bits per heavy atom. The van der Waals surface area contributed by atoms with Crippen molar-refractivity contribution in [3.8, 4) is 0 Å². The summed E-state index contributed by atoms with van der Waals surface area (Å²) in [7, 11) is 0. The van der Waals surface area contributed by atoms with Gasteiger partial charge in [-0.05, 0) is 54.9 Å². The molecule has 0 radical (unpaired) electrons. The van der Waals surface area contributed by atoms with E-state index in [1.807, 2.05) is 43.5 Å². The van der Waals surface area contributed by atoms with Gasteiger partial charge in [-0.1, -0.05) is 26.0 Å². The Balaban J connectivity index is 1.59. The number of nitrogens with one attached hydrogen (secondary N) is 2. The van der Waals surface area contributed by atoms with Gasteiger partial charge in [-0.3, -0.25) is 9.59 Å². The van der Waals surface area contributed by atoms with Crippen LogP contribution in [0.2, 0.25) is 0 Å². The number of hydrogen-bond donors (Lipinski definition) is 2. The van der Waals surface area contributed by atoms with Crippen LogP contribution in [0, 0.1) is 5.92 Å². The molecule has 1 heterocycles. The molecule has 4 nitrogen and oxygen atoms in total. The molecule has 0 fully saturated rings. The molecule has 2 N–H and O–H groups in total. The quantitative estimate of drug-likeness (QED) is 0.784. The third kappa shape index (κ3) is 4.73. The maximum absolute atomic E-state index is 12.6. The van der Waals surface area contributed by atoms with Gasteiger partial charge in [0.2, 0.25) is 5.91 Å². The zero-order valence-electron chi connectivity index (χ0n) is 15.4. The van der Waals surface area contributed by atoms with E-state index in [4.69, 9.17) is 0 Å². The number of rotatable bonds is 6. The summed E-state index contributed by atoms with van der Waals surface area (Å²) in [6.45, 7) is 4.50. The highest BCUT2D eigenvalue weighted by Crippen LogP contribution is 2.30. The van der Waals surface area contributed by atoms with E-state index in [0.29, 0.717) is 18.9 Å². The molecule has 2 aromatic rings. The van der Waals surface area contributed by atoms with Gasteiger partial charge in [0.15, 0.2) is 0 Å². The standard InChI is InChI=1S/C21H26N2O2S/c1-14(2)10-20(24)23-16-7-5-6-15(11-16)12-22-21(25)18-13-26-19-9-4-3-8-17(18)19/h5-7,11,13-14H,3-4,8-10,12H2,1-2H3,(H,22,25)(H,23,24). The molecular formula is C21H26N2O2S. The van der Waals surface area contributed by atoms with E-state index in [-0.39, 0.29) is 11.8 Å². The second-order valence-corrected chi connectivity index (χ2v) is 8.25. The lowest BCUT2D eigenvalue weighted by molar-refractivity contribution is -0.116. The van der Waals surface area contributed by atoms with E-state index in [0.717, 1.165) is 29.7 Å². The largest absolute Gasteiger partial charge is 0.348 e. The van der Waals surface area contributed by atoms with Crippen LogP contribution in [-0.2, 0) is 24.2 Å². The summed E-state index contributed by atoms with van der Waals surface area (Å²) in [4.78, 5) is 25.8. The van der Waals surface area contributed by atoms with Gasteiger partial charge >= 0.3 is 0 Å². The topological polar surface area (TPSA) is 58.2 Å². The van der Waals surface area contributed by atoms with Crippen molar-refractivity contribution in [1.82, 2.24) is 5.32 Å². The Hall–Kier alpha value is -2.14. The smallest absolute Gasteiger partial charge is 0.252 e. The molecule has 1 aromatic carbocycles. The van der Waals surface area contributed by atoms with Gasteiger partial charge < -0.3 is 10.6 Å². The molecule has 26 heavy (non-hydrogen) atoms. The van der Waals surface area contributed by atoms with Crippen LogP contribution < -0.4 is 10.6 Å².